The first-order chi connectivity index (χ1) is 16.5. The maximum Gasteiger partial charge on any atom is 0.135 e. The molecule has 3 aromatic heterocycles. The fourth-order valence-electron chi connectivity index (χ4n) is 4.31. The van der Waals surface area contributed by atoms with Crippen molar-refractivity contribution < 1.29 is 13.5 Å². The van der Waals surface area contributed by atoms with Crippen LogP contribution in [0.25, 0.3) is 22.3 Å². The highest BCUT2D eigenvalue weighted by atomic mass is 19.1. The third kappa shape index (κ3) is 4.97. The number of aryl methyl sites for hydroxylation is 1. The highest BCUT2D eigenvalue weighted by molar-refractivity contribution is 5.89. The molecule has 6 nitrogen and oxygen atoms in total. The van der Waals surface area contributed by atoms with Crippen molar-refractivity contribution in [3.63, 3.8) is 0 Å². The Hall–Kier alpha value is -3.26. The normalized spacial score (nSPS) is 20.1. The summed E-state index contributed by atoms with van der Waals surface area (Å²) < 4.78 is 35.4. The van der Waals surface area contributed by atoms with Crippen LogP contribution in [0.5, 0.6) is 0 Å². The number of hydrogen-bond acceptors (Lipinski definition) is 5. The Morgan fingerprint density at radius 1 is 1.09 bits per heavy atom. The topological polar surface area (TPSA) is 65.7 Å². The zero-order valence-electron chi connectivity index (χ0n) is 19.3. The molecule has 8 heteroatoms. The highest BCUT2D eigenvalue weighted by Gasteiger charge is 2.25. The second-order valence-electron chi connectivity index (χ2n) is 9.02. The van der Waals surface area contributed by atoms with Gasteiger partial charge in [0.15, 0.2) is 0 Å². The lowest BCUT2D eigenvalue weighted by Gasteiger charge is -2.27. The van der Waals surface area contributed by atoms with E-state index < -0.39 is 11.6 Å². The minimum absolute atomic E-state index is 0.154. The molecule has 1 saturated carbocycles. The van der Waals surface area contributed by atoms with Gasteiger partial charge in [0, 0.05) is 48.4 Å². The lowest BCUT2D eigenvalue weighted by atomic mass is 9.92. The van der Waals surface area contributed by atoms with Crippen LogP contribution >= 0.6 is 0 Å². The summed E-state index contributed by atoms with van der Waals surface area (Å²) in [5, 5.41) is 4.09. The van der Waals surface area contributed by atoms with Crippen molar-refractivity contribution >= 4 is 11.0 Å². The summed E-state index contributed by atoms with van der Waals surface area (Å²) in [4.78, 5) is 13.7. The molecule has 0 N–H and O–H groups in total. The quantitative estimate of drug-likeness (QED) is 0.385. The minimum Gasteiger partial charge on any atom is -0.378 e. The van der Waals surface area contributed by atoms with Gasteiger partial charge in [0.05, 0.1) is 23.4 Å². The first-order valence-corrected chi connectivity index (χ1v) is 11.7. The molecule has 0 bridgehead atoms. The number of ether oxygens (including phenoxy) is 1. The first-order valence-electron chi connectivity index (χ1n) is 11.7. The summed E-state index contributed by atoms with van der Waals surface area (Å²) in [6.07, 6.45) is 9.99. The Morgan fingerprint density at radius 2 is 1.94 bits per heavy atom. The van der Waals surface area contributed by atoms with Crippen molar-refractivity contribution in [3.8, 4) is 11.3 Å². The fourth-order valence-corrected chi connectivity index (χ4v) is 4.31. The molecule has 2 fully saturated rings. The van der Waals surface area contributed by atoms with Gasteiger partial charge in [0.2, 0.25) is 0 Å². The average molecular weight is 464 g/mol. The molecule has 0 radical (unpaired) electrons. The lowest BCUT2D eigenvalue weighted by Crippen LogP contribution is -2.22. The summed E-state index contributed by atoms with van der Waals surface area (Å²) in [5.41, 5.74) is 3.46. The largest absolute Gasteiger partial charge is 0.378 e. The van der Waals surface area contributed by atoms with Gasteiger partial charge in [0.1, 0.15) is 22.8 Å². The predicted octanol–water partition coefficient (Wildman–Crippen LogP) is 5.78. The van der Waals surface area contributed by atoms with Crippen molar-refractivity contribution in [1.82, 2.24) is 24.7 Å². The molecule has 4 heterocycles. The third-order valence-corrected chi connectivity index (χ3v) is 6.21. The van der Waals surface area contributed by atoms with Crippen LogP contribution in [-0.2, 0) is 4.74 Å². The number of rotatable bonds is 3. The SMILES string of the molecule is Cc1cnc2c(-c3ccc(F)cc3F)nc([C@@H]3CCO[C@@H](C)C3)cc2n1.c1cnn(C2CC2)c1. The first kappa shape index (κ1) is 22.5. The van der Waals surface area contributed by atoms with Crippen LogP contribution in [0.4, 0.5) is 8.78 Å². The van der Waals surface area contributed by atoms with E-state index in [9.17, 15) is 8.78 Å². The number of fused-ring (bicyclic) bond motifs is 1. The lowest BCUT2D eigenvalue weighted by molar-refractivity contribution is 0.0180. The van der Waals surface area contributed by atoms with E-state index >= 15 is 0 Å². The summed E-state index contributed by atoms with van der Waals surface area (Å²) in [7, 11) is 0. The number of halogens is 2. The zero-order valence-corrected chi connectivity index (χ0v) is 19.3. The second-order valence-corrected chi connectivity index (χ2v) is 9.02. The molecule has 176 valence electrons. The number of aromatic nitrogens is 5. The standard InChI is InChI=1S/C20H19F2N3O.C6H8N2/c1-11-10-23-20-18(24-11)9-17(13-5-6-26-12(2)7-13)25-19(20)15-4-3-14(21)8-16(15)22;1-4-7-8(5-1)6-2-3-6/h3-4,8-10,12-13H,5-7H2,1-2H3;1,4-6H,2-3H2/t12-,13+;/m0./s1. The monoisotopic (exact) mass is 463 g/mol. The van der Waals surface area contributed by atoms with Gasteiger partial charge >= 0.3 is 0 Å². The van der Waals surface area contributed by atoms with Crippen LogP contribution in [0.2, 0.25) is 0 Å². The van der Waals surface area contributed by atoms with Crippen LogP contribution in [0, 0.1) is 18.6 Å². The Kier molecular flexibility index (Phi) is 6.32. The number of hydrogen-bond donors (Lipinski definition) is 0. The van der Waals surface area contributed by atoms with Gasteiger partial charge in [-0.25, -0.2) is 18.7 Å². The van der Waals surface area contributed by atoms with Gasteiger partial charge in [-0.15, -0.1) is 0 Å². The van der Waals surface area contributed by atoms with Gasteiger partial charge in [0.25, 0.3) is 0 Å². The Labute approximate surface area is 197 Å². The van der Waals surface area contributed by atoms with E-state index in [-0.39, 0.29) is 17.6 Å². The van der Waals surface area contributed by atoms with Gasteiger partial charge in [-0.2, -0.15) is 5.10 Å². The van der Waals surface area contributed by atoms with Crippen LogP contribution < -0.4 is 0 Å². The average Bonchev–Trinajstić information content (AvgIpc) is 3.52. The maximum absolute atomic E-state index is 14.4. The van der Waals surface area contributed by atoms with E-state index in [1.807, 2.05) is 43.1 Å². The molecule has 0 spiro atoms. The van der Waals surface area contributed by atoms with E-state index in [0.29, 0.717) is 23.3 Å². The highest BCUT2D eigenvalue weighted by Crippen LogP contribution is 2.35. The van der Waals surface area contributed by atoms with Gasteiger partial charge in [-0.05, 0) is 63.8 Å². The Bertz CT molecular complexity index is 1290. The molecule has 34 heavy (non-hydrogen) atoms. The van der Waals surface area contributed by atoms with Crippen molar-refractivity contribution in [1.29, 1.82) is 0 Å². The summed E-state index contributed by atoms with van der Waals surface area (Å²) in [5.74, 6) is -1.06. The summed E-state index contributed by atoms with van der Waals surface area (Å²) >= 11 is 0. The minimum atomic E-state index is -0.654. The van der Waals surface area contributed by atoms with Gasteiger partial charge in [-0.1, -0.05) is 0 Å². The smallest absolute Gasteiger partial charge is 0.135 e. The van der Waals surface area contributed by atoms with E-state index in [2.05, 4.69) is 15.1 Å². The molecule has 2 aliphatic rings. The number of nitrogens with zero attached hydrogens (tertiary/aromatic N) is 5. The predicted molar refractivity (Wildman–Crippen MR) is 125 cm³/mol. The molecule has 1 aliphatic carbocycles. The van der Waals surface area contributed by atoms with Crippen molar-refractivity contribution in [2.45, 2.75) is 57.6 Å². The van der Waals surface area contributed by atoms with Crippen LogP contribution in [0.1, 0.15) is 56.0 Å². The van der Waals surface area contributed by atoms with Crippen LogP contribution in [-0.4, -0.2) is 37.4 Å². The molecule has 1 saturated heterocycles. The second kappa shape index (κ2) is 9.54. The Morgan fingerprint density at radius 3 is 2.65 bits per heavy atom. The van der Waals surface area contributed by atoms with Crippen LogP contribution in [0.3, 0.4) is 0 Å². The molecule has 4 aromatic rings. The van der Waals surface area contributed by atoms with Gasteiger partial charge < -0.3 is 4.74 Å². The maximum atomic E-state index is 14.4. The van der Waals surface area contributed by atoms with E-state index in [1.165, 1.54) is 25.0 Å². The van der Waals surface area contributed by atoms with E-state index in [1.54, 1.807) is 6.20 Å². The molecular weight excluding hydrogens is 436 g/mol. The third-order valence-electron chi connectivity index (χ3n) is 6.21. The van der Waals surface area contributed by atoms with Gasteiger partial charge in [-0.3, -0.25) is 9.67 Å². The fraction of sp³-hybridized carbons (Fsp3) is 0.385. The molecule has 0 amide bonds. The van der Waals surface area contributed by atoms with Crippen molar-refractivity contribution in [2.75, 3.05) is 6.61 Å². The zero-order chi connectivity index (χ0) is 23.7. The molecule has 1 aromatic carbocycles. The number of pyridine rings is 1. The number of benzene rings is 1. The summed E-state index contributed by atoms with van der Waals surface area (Å²) in [6.45, 7) is 4.57. The molecular formula is C26H27F2N5O. The van der Waals surface area contributed by atoms with E-state index in [4.69, 9.17) is 9.72 Å². The van der Waals surface area contributed by atoms with Crippen molar-refractivity contribution in [3.05, 3.63) is 71.9 Å². The molecule has 0 unspecified atom stereocenters. The van der Waals surface area contributed by atoms with Crippen LogP contribution in [0.15, 0.2) is 48.9 Å². The molecule has 1 aliphatic heterocycles. The summed E-state index contributed by atoms with van der Waals surface area (Å²) in [6, 6.07) is 8.15. The molecule has 6 rings (SSSR count). The molecule has 2 atom stereocenters. The van der Waals surface area contributed by atoms with E-state index in [0.717, 1.165) is 36.3 Å². The van der Waals surface area contributed by atoms with Crippen molar-refractivity contribution in [2.24, 2.45) is 0 Å². The Balaban J connectivity index is 0.000000252.